The molecule has 3 nitrogen and oxygen atoms in total. The van der Waals surface area contributed by atoms with E-state index in [0.717, 1.165) is 24.8 Å². The molecule has 2 aliphatic rings. The molecule has 4 heteroatoms. The molecule has 130 valence electrons. The Hall–Kier alpha value is -1.35. The summed E-state index contributed by atoms with van der Waals surface area (Å²) in [6.45, 7) is 2.09. The number of cyclic esters (lactones) is 1. The Bertz CT molecular complexity index is 589. The molecule has 0 aromatic heterocycles. The maximum absolute atomic E-state index is 13.2. The van der Waals surface area contributed by atoms with Gasteiger partial charge in [0.15, 0.2) is 0 Å². The fourth-order valence-electron chi connectivity index (χ4n) is 4.34. The second-order valence-electron chi connectivity index (χ2n) is 7.09. The van der Waals surface area contributed by atoms with Gasteiger partial charge in [-0.05, 0) is 42.9 Å². The van der Waals surface area contributed by atoms with Crippen molar-refractivity contribution >= 4 is 23.4 Å². The van der Waals surface area contributed by atoms with E-state index in [4.69, 9.17) is 16.3 Å². The molecule has 0 N–H and O–H groups in total. The zero-order valence-corrected chi connectivity index (χ0v) is 14.9. The maximum atomic E-state index is 13.2. The zero-order valence-electron chi connectivity index (χ0n) is 14.2. The molecule has 0 amide bonds. The number of ether oxygens (including phenoxy) is 1. The third-order valence-corrected chi connectivity index (χ3v) is 5.85. The van der Waals surface area contributed by atoms with Gasteiger partial charge < -0.3 is 4.74 Å². The molecule has 3 atom stereocenters. The number of carbonyl (C=O) groups is 2. The summed E-state index contributed by atoms with van der Waals surface area (Å²) in [5.74, 6) is 0.116. The number of esters is 1. The van der Waals surface area contributed by atoms with Gasteiger partial charge in [-0.3, -0.25) is 9.59 Å². The van der Waals surface area contributed by atoms with Gasteiger partial charge in [-0.2, -0.15) is 0 Å². The first-order chi connectivity index (χ1) is 11.6. The van der Waals surface area contributed by atoms with E-state index in [1.165, 1.54) is 19.3 Å². The number of benzene rings is 1. The number of carbonyl (C=O) groups excluding carboxylic acids is 2. The Morgan fingerprint density at radius 3 is 2.50 bits per heavy atom. The van der Waals surface area contributed by atoms with Crippen molar-refractivity contribution in [3.8, 4) is 0 Å². The molecular formula is C20H25ClO3. The summed E-state index contributed by atoms with van der Waals surface area (Å²) in [6.07, 6.45) is 6.58. The summed E-state index contributed by atoms with van der Waals surface area (Å²) in [4.78, 5) is 25.1. The minimum atomic E-state index is -0.458. The van der Waals surface area contributed by atoms with Crippen LogP contribution in [0.25, 0.3) is 0 Å². The van der Waals surface area contributed by atoms with E-state index in [9.17, 15) is 9.59 Å². The van der Waals surface area contributed by atoms with Gasteiger partial charge in [0.25, 0.3) is 0 Å². The quantitative estimate of drug-likeness (QED) is 0.693. The Morgan fingerprint density at radius 1 is 1.21 bits per heavy atom. The highest BCUT2D eigenvalue weighted by Crippen LogP contribution is 2.41. The summed E-state index contributed by atoms with van der Waals surface area (Å²) in [6, 6.07) is 7.27. The van der Waals surface area contributed by atoms with E-state index in [0.29, 0.717) is 10.9 Å². The van der Waals surface area contributed by atoms with Crippen LogP contribution in [0, 0.1) is 17.8 Å². The first kappa shape index (κ1) is 17.5. The van der Waals surface area contributed by atoms with E-state index in [1.807, 2.05) is 12.1 Å². The van der Waals surface area contributed by atoms with E-state index in [-0.39, 0.29) is 30.0 Å². The van der Waals surface area contributed by atoms with Crippen molar-refractivity contribution in [1.82, 2.24) is 0 Å². The van der Waals surface area contributed by atoms with Crippen LogP contribution in [0.3, 0.4) is 0 Å². The van der Waals surface area contributed by atoms with Crippen LogP contribution in [0.4, 0.5) is 0 Å². The lowest BCUT2D eigenvalue weighted by molar-refractivity contribution is -0.142. The zero-order chi connectivity index (χ0) is 17.1. The van der Waals surface area contributed by atoms with Crippen molar-refractivity contribution in [2.45, 2.75) is 58.0 Å². The second-order valence-corrected chi connectivity index (χ2v) is 7.52. The summed E-state index contributed by atoms with van der Waals surface area (Å²) < 4.78 is 5.50. The molecule has 1 aliphatic heterocycles. The van der Waals surface area contributed by atoms with Crippen LogP contribution < -0.4 is 0 Å². The Labute approximate surface area is 148 Å². The minimum absolute atomic E-state index is 0.0552. The summed E-state index contributed by atoms with van der Waals surface area (Å²) in [7, 11) is 0. The van der Waals surface area contributed by atoms with Crippen LogP contribution in [0.1, 0.15) is 63.5 Å². The number of hydrogen-bond donors (Lipinski definition) is 0. The summed E-state index contributed by atoms with van der Waals surface area (Å²) in [5, 5.41) is 0.639. The molecule has 1 unspecified atom stereocenters. The van der Waals surface area contributed by atoms with Crippen molar-refractivity contribution in [1.29, 1.82) is 0 Å². The molecule has 1 aromatic rings. The number of Topliss-reactive ketones (excluding diaryl/α,β-unsaturated/α-hetero) is 1. The van der Waals surface area contributed by atoms with Crippen LogP contribution >= 0.6 is 11.6 Å². The summed E-state index contributed by atoms with van der Waals surface area (Å²) >= 11 is 5.95. The highest BCUT2D eigenvalue weighted by molar-refractivity contribution is 6.30. The predicted octanol–water partition coefficient (Wildman–Crippen LogP) is 5.12. The van der Waals surface area contributed by atoms with Gasteiger partial charge in [0.05, 0.1) is 12.3 Å². The first-order valence-electron chi connectivity index (χ1n) is 9.08. The van der Waals surface area contributed by atoms with Gasteiger partial charge in [0.1, 0.15) is 11.9 Å². The molecule has 1 aliphatic carbocycles. The van der Waals surface area contributed by atoms with Crippen LogP contribution in [0.2, 0.25) is 5.02 Å². The molecule has 1 saturated carbocycles. The fraction of sp³-hybridized carbons (Fsp3) is 0.600. The Kier molecular flexibility index (Phi) is 5.60. The molecule has 1 aromatic carbocycles. The van der Waals surface area contributed by atoms with Crippen LogP contribution in [0.5, 0.6) is 0 Å². The highest BCUT2D eigenvalue weighted by atomic mass is 35.5. The van der Waals surface area contributed by atoms with Crippen molar-refractivity contribution in [2.24, 2.45) is 17.8 Å². The molecule has 0 spiro atoms. The standard InChI is InChI=1S/C20H25ClO3/c1-2-16(13-6-4-3-5-7-13)19(23)17-12-18(22)24-20(17)14-8-10-15(21)11-9-14/h8-11,13,16-17,20H,2-7,12H2,1H3/t16?,17-,20-/m0/s1. The Morgan fingerprint density at radius 2 is 1.88 bits per heavy atom. The smallest absolute Gasteiger partial charge is 0.307 e. The van der Waals surface area contributed by atoms with Crippen molar-refractivity contribution in [3.05, 3.63) is 34.9 Å². The van der Waals surface area contributed by atoms with Gasteiger partial charge in [0.2, 0.25) is 0 Å². The second kappa shape index (κ2) is 7.69. The average molecular weight is 349 g/mol. The van der Waals surface area contributed by atoms with Crippen LogP contribution in [-0.2, 0) is 14.3 Å². The van der Waals surface area contributed by atoms with Gasteiger partial charge in [-0.15, -0.1) is 0 Å². The normalized spacial score (nSPS) is 26.2. The largest absolute Gasteiger partial charge is 0.457 e. The van der Waals surface area contributed by atoms with Gasteiger partial charge in [0, 0.05) is 10.9 Å². The third-order valence-electron chi connectivity index (χ3n) is 5.60. The monoisotopic (exact) mass is 348 g/mol. The third kappa shape index (κ3) is 3.66. The van der Waals surface area contributed by atoms with Crippen molar-refractivity contribution < 1.29 is 14.3 Å². The topological polar surface area (TPSA) is 43.4 Å². The number of ketones is 1. The van der Waals surface area contributed by atoms with Crippen LogP contribution in [0.15, 0.2) is 24.3 Å². The average Bonchev–Trinajstić information content (AvgIpc) is 2.99. The predicted molar refractivity (Wildman–Crippen MR) is 93.8 cm³/mol. The molecule has 3 rings (SSSR count). The van der Waals surface area contributed by atoms with Crippen LogP contribution in [-0.4, -0.2) is 11.8 Å². The van der Waals surface area contributed by atoms with Gasteiger partial charge in [-0.25, -0.2) is 0 Å². The minimum Gasteiger partial charge on any atom is -0.457 e. The fourth-order valence-corrected chi connectivity index (χ4v) is 4.47. The molecule has 0 bridgehead atoms. The van der Waals surface area contributed by atoms with Gasteiger partial charge >= 0.3 is 5.97 Å². The number of halogens is 1. The van der Waals surface area contributed by atoms with E-state index >= 15 is 0 Å². The van der Waals surface area contributed by atoms with Gasteiger partial charge in [-0.1, -0.05) is 49.9 Å². The molecule has 1 heterocycles. The lowest BCUT2D eigenvalue weighted by Crippen LogP contribution is -2.32. The molecule has 0 radical (unpaired) electrons. The molecule has 24 heavy (non-hydrogen) atoms. The number of hydrogen-bond acceptors (Lipinski definition) is 3. The maximum Gasteiger partial charge on any atom is 0.307 e. The van der Waals surface area contributed by atoms with Crippen molar-refractivity contribution in [3.63, 3.8) is 0 Å². The molecular weight excluding hydrogens is 324 g/mol. The number of rotatable bonds is 5. The SMILES string of the molecule is CCC(C(=O)[C@@H]1CC(=O)O[C@H]1c1ccc(Cl)cc1)C1CCCCC1. The van der Waals surface area contributed by atoms with Crippen molar-refractivity contribution in [2.75, 3.05) is 0 Å². The van der Waals surface area contributed by atoms with E-state index in [1.54, 1.807) is 12.1 Å². The molecule has 1 saturated heterocycles. The lowest BCUT2D eigenvalue weighted by atomic mass is 9.73. The van der Waals surface area contributed by atoms with E-state index in [2.05, 4.69) is 6.92 Å². The molecule has 2 fully saturated rings. The Balaban J connectivity index is 1.80. The van der Waals surface area contributed by atoms with E-state index < -0.39 is 6.10 Å². The summed E-state index contributed by atoms with van der Waals surface area (Å²) in [5.41, 5.74) is 0.863. The highest BCUT2D eigenvalue weighted by Gasteiger charge is 2.44. The first-order valence-corrected chi connectivity index (χ1v) is 9.46. The lowest BCUT2D eigenvalue weighted by Gasteiger charge is -2.31.